The number of hydrogen-bond donors (Lipinski definition) is 2. The summed E-state index contributed by atoms with van der Waals surface area (Å²) in [4.78, 5) is 13.2. The summed E-state index contributed by atoms with van der Waals surface area (Å²) in [5, 5.41) is 14.7. The zero-order valence-corrected chi connectivity index (χ0v) is 22.0. The predicted octanol–water partition coefficient (Wildman–Crippen LogP) is 6.87. The first kappa shape index (κ1) is 24.4. The van der Waals surface area contributed by atoms with E-state index >= 15 is 0 Å². The van der Waals surface area contributed by atoms with Crippen molar-refractivity contribution in [3.05, 3.63) is 94.9 Å². The molecule has 2 aromatic carbocycles. The number of nitrogens with one attached hydrogen (secondary N) is 2. The van der Waals surface area contributed by atoms with E-state index in [1.165, 1.54) is 28.7 Å². The fourth-order valence-electron chi connectivity index (χ4n) is 3.73. The largest absolute Gasteiger partial charge is 0.467 e. The molecule has 2 aromatic heterocycles. The van der Waals surface area contributed by atoms with E-state index in [9.17, 15) is 4.79 Å². The Bertz CT molecular complexity index is 1350. The van der Waals surface area contributed by atoms with Crippen LogP contribution >= 0.6 is 34.7 Å². The van der Waals surface area contributed by atoms with Crippen molar-refractivity contribution in [2.24, 2.45) is 0 Å². The van der Waals surface area contributed by atoms with E-state index in [2.05, 4.69) is 46.9 Å². The van der Waals surface area contributed by atoms with Gasteiger partial charge in [0.05, 0.1) is 17.7 Å². The lowest BCUT2D eigenvalue weighted by atomic mass is 10.0. The third-order valence-corrected chi connectivity index (χ3v) is 7.87. The first-order valence-corrected chi connectivity index (χ1v) is 13.6. The molecule has 0 spiro atoms. The van der Waals surface area contributed by atoms with E-state index in [4.69, 9.17) is 16.0 Å². The van der Waals surface area contributed by atoms with Crippen molar-refractivity contribution in [2.75, 3.05) is 11.1 Å². The van der Waals surface area contributed by atoms with Crippen LogP contribution in [0.2, 0.25) is 5.02 Å². The lowest BCUT2D eigenvalue weighted by Gasteiger charge is -2.23. The van der Waals surface area contributed by atoms with Gasteiger partial charge in [-0.15, -0.1) is 10.2 Å². The number of benzene rings is 2. The van der Waals surface area contributed by atoms with Crippen LogP contribution in [-0.4, -0.2) is 26.9 Å². The minimum Gasteiger partial charge on any atom is -0.467 e. The van der Waals surface area contributed by atoms with E-state index in [-0.39, 0.29) is 17.7 Å². The number of thioether (sulfide) groups is 1. The highest BCUT2D eigenvalue weighted by Gasteiger charge is 2.32. The molecule has 2 N–H and O–H groups in total. The van der Waals surface area contributed by atoms with Gasteiger partial charge in [0.15, 0.2) is 4.34 Å². The van der Waals surface area contributed by atoms with Crippen molar-refractivity contribution in [1.29, 1.82) is 0 Å². The number of anilines is 2. The summed E-state index contributed by atoms with van der Waals surface area (Å²) < 4.78 is 6.32. The molecule has 0 saturated carbocycles. The number of carbonyl (C=O) groups is 1. The summed E-state index contributed by atoms with van der Waals surface area (Å²) in [6.45, 7) is 4.34. The van der Waals surface area contributed by atoms with Gasteiger partial charge in [-0.1, -0.05) is 72.8 Å². The van der Waals surface area contributed by atoms with Crippen LogP contribution in [0.1, 0.15) is 42.7 Å². The molecule has 10 heteroatoms. The molecular weight excluding hydrogens is 514 g/mol. The van der Waals surface area contributed by atoms with Crippen LogP contribution in [0.3, 0.4) is 0 Å². The van der Waals surface area contributed by atoms with Crippen molar-refractivity contribution in [3.63, 3.8) is 0 Å². The van der Waals surface area contributed by atoms with Crippen LogP contribution in [0, 0.1) is 0 Å². The van der Waals surface area contributed by atoms with Crippen LogP contribution in [0.15, 0.2) is 81.8 Å². The molecule has 3 heterocycles. The molecule has 0 fully saturated rings. The van der Waals surface area contributed by atoms with E-state index in [0.717, 1.165) is 16.9 Å². The number of nitrogens with zero attached hydrogens (tertiary/aromatic N) is 3. The molecule has 0 radical (unpaired) electrons. The molecule has 36 heavy (non-hydrogen) atoms. The number of hydrazine groups is 1. The number of aromatic nitrogens is 2. The smallest absolute Gasteiger partial charge is 0.252 e. The fourth-order valence-corrected chi connectivity index (χ4v) is 5.49. The number of hydrogen-bond acceptors (Lipinski definition) is 8. The molecule has 1 aliphatic heterocycles. The molecule has 4 aromatic rings. The van der Waals surface area contributed by atoms with Gasteiger partial charge in [-0.2, -0.15) is 0 Å². The highest BCUT2D eigenvalue weighted by atomic mass is 35.5. The summed E-state index contributed by atoms with van der Waals surface area (Å²) in [5.74, 6) is 1.26. The SMILES string of the molecule is CC(C)c1ccc(Nc2nnc(SCC(=O)N3NC(c4ccc(Cl)cc4)=C[C@@H]3c3ccco3)s2)cc1. The van der Waals surface area contributed by atoms with Crippen LogP contribution < -0.4 is 10.7 Å². The van der Waals surface area contributed by atoms with Gasteiger partial charge in [0, 0.05) is 10.7 Å². The lowest BCUT2D eigenvalue weighted by molar-refractivity contribution is -0.131. The summed E-state index contributed by atoms with van der Waals surface area (Å²) in [7, 11) is 0. The topological polar surface area (TPSA) is 83.3 Å². The molecule has 1 amide bonds. The van der Waals surface area contributed by atoms with Crippen LogP contribution in [-0.2, 0) is 4.79 Å². The maximum atomic E-state index is 13.2. The quantitative estimate of drug-likeness (QED) is 0.237. The fraction of sp³-hybridized carbons (Fsp3) is 0.192. The van der Waals surface area contributed by atoms with Crippen molar-refractivity contribution >= 4 is 57.1 Å². The third-order valence-electron chi connectivity index (χ3n) is 5.66. The molecule has 1 aliphatic rings. The Kier molecular flexibility index (Phi) is 7.31. The molecule has 0 unspecified atom stereocenters. The Morgan fingerprint density at radius 1 is 1.17 bits per heavy atom. The molecule has 7 nitrogen and oxygen atoms in total. The standard InChI is InChI=1S/C26H24ClN5O2S2/c1-16(2)17-7-11-20(12-8-17)28-25-29-30-26(36-25)35-15-24(33)32-22(23-4-3-13-34-23)14-21(31-32)18-5-9-19(27)10-6-18/h3-14,16,22,31H,15H2,1-2H3,(H,28,29)/t22-/m1/s1. The highest BCUT2D eigenvalue weighted by molar-refractivity contribution is 8.01. The normalized spacial score (nSPS) is 15.2. The Morgan fingerprint density at radius 2 is 1.94 bits per heavy atom. The van der Waals surface area contributed by atoms with E-state index in [0.29, 0.717) is 26.2 Å². The number of furan rings is 1. The molecular formula is C26H24ClN5O2S2. The number of carbonyl (C=O) groups excluding carboxylic acids is 1. The van der Waals surface area contributed by atoms with Gasteiger partial charge in [-0.3, -0.25) is 10.2 Å². The molecule has 5 rings (SSSR count). The summed E-state index contributed by atoms with van der Waals surface area (Å²) >= 11 is 8.80. The Labute approximate surface area is 222 Å². The Morgan fingerprint density at radius 3 is 2.64 bits per heavy atom. The van der Waals surface area contributed by atoms with Crippen LogP contribution in [0.4, 0.5) is 10.8 Å². The van der Waals surface area contributed by atoms with Gasteiger partial charge in [-0.05, 0) is 59.5 Å². The van der Waals surface area contributed by atoms with Gasteiger partial charge in [-0.25, -0.2) is 5.01 Å². The maximum absolute atomic E-state index is 13.2. The van der Waals surface area contributed by atoms with E-state index < -0.39 is 0 Å². The highest BCUT2D eigenvalue weighted by Crippen LogP contribution is 2.34. The molecule has 0 aliphatic carbocycles. The monoisotopic (exact) mass is 537 g/mol. The Hall–Kier alpha value is -3.27. The minimum atomic E-state index is -0.362. The maximum Gasteiger partial charge on any atom is 0.252 e. The molecule has 1 atom stereocenters. The number of rotatable bonds is 8. The van der Waals surface area contributed by atoms with Crippen LogP contribution in [0.5, 0.6) is 0 Å². The van der Waals surface area contributed by atoms with Crippen molar-refractivity contribution in [1.82, 2.24) is 20.6 Å². The zero-order valence-electron chi connectivity index (χ0n) is 19.6. The number of amides is 1. The molecule has 0 bridgehead atoms. The second kappa shape index (κ2) is 10.8. The summed E-state index contributed by atoms with van der Waals surface area (Å²) in [6, 6.07) is 19.1. The van der Waals surface area contributed by atoms with Gasteiger partial charge in [0.2, 0.25) is 5.13 Å². The molecule has 184 valence electrons. The lowest BCUT2D eigenvalue weighted by Crippen LogP contribution is -2.40. The van der Waals surface area contributed by atoms with Crippen molar-refractivity contribution in [3.8, 4) is 0 Å². The predicted molar refractivity (Wildman–Crippen MR) is 145 cm³/mol. The van der Waals surface area contributed by atoms with Crippen molar-refractivity contribution in [2.45, 2.75) is 30.1 Å². The van der Waals surface area contributed by atoms with Crippen LogP contribution in [0.25, 0.3) is 5.70 Å². The number of halogens is 1. The second-order valence-corrected chi connectivity index (χ2v) is 11.1. The zero-order chi connectivity index (χ0) is 25.1. The summed E-state index contributed by atoms with van der Waals surface area (Å²) in [6.07, 6.45) is 3.58. The Balaban J connectivity index is 1.23. The molecule has 0 saturated heterocycles. The van der Waals surface area contributed by atoms with E-state index in [1.54, 1.807) is 11.3 Å². The van der Waals surface area contributed by atoms with Crippen molar-refractivity contribution < 1.29 is 9.21 Å². The van der Waals surface area contributed by atoms with Gasteiger partial charge < -0.3 is 9.73 Å². The minimum absolute atomic E-state index is 0.101. The first-order valence-electron chi connectivity index (χ1n) is 11.4. The van der Waals surface area contributed by atoms with Gasteiger partial charge in [0.1, 0.15) is 11.8 Å². The first-order chi connectivity index (χ1) is 17.5. The van der Waals surface area contributed by atoms with E-state index in [1.807, 2.05) is 54.6 Å². The third kappa shape index (κ3) is 5.59. The average Bonchev–Trinajstić information content (AvgIpc) is 3.64. The van der Waals surface area contributed by atoms with Gasteiger partial charge in [0.25, 0.3) is 5.91 Å². The van der Waals surface area contributed by atoms with Gasteiger partial charge >= 0.3 is 0 Å². The summed E-state index contributed by atoms with van der Waals surface area (Å²) in [5.41, 5.74) is 7.22. The average molecular weight is 538 g/mol. The second-order valence-electron chi connectivity index (χ2n) is 8.49.